The maximum atomic E-state index is 5.58. The molecule has 2 heteroatoms. The highest BCUT2D eigenvalue weighted by molar-refractivity contribution is 4.73. The average molecular weight is 197 g/mol. The minimum atomic E-state index is 0.794. The molecule has 2 nitrogen and oxygen atoms in total. The Morgan fingerprint density at radius 3 is 2.50 bits per heavy atom. The number of hydrogen-bond acceptors (Lipinski definition) is 2. The Labute approximate surface area is 87.4 Å². The van der Waals surface area contributed by atoms with Gasteiger partial charge < -0.3 is 10.1 Å². The topological polar surface area (TPSA) is 21.3 Å². The third-order valence-electron chi connectivity index (χ3n) is 3.40. The van der Waals surface area contributed by atoms with Crippen molar-refractivity contribution in [3.05, 3.63) is 0 Å². The Morgan fingerprint density at radius 2 is 1.79 bits per heavy atom. The summed E-state index contributed by atoms with van der Waals surface area (Å²) in [5.74, 6) is 1.01. The van der Waals surface area contributed by atoms with Gasteiger partial charge in [-0.3, -0.25) is 0 Å². The zero-order chi connectivity index (χ0) is 9.64. The van der Waals surface area contributed by atoms with Gasteiger partial charge in [0.2, 0.25) is 0 Å². The number of ether oxygens (including phenoxy) is 1. The molecular weight excluding hydrogens is 174 g/mol. The lowest BCUT2D eigenvalue weighted by Crippen LogP contribution is -2.29. The van der Waals surface area contributed by atoms with E-state index in [1.807, 2.05) is 0 Å². The highest BCUT2D eigenvalue weighted by atomic mass is 16.5. The van der Waals surface area contributed by atoms with Crippen LogP contribution in [0.1, 0.15) is 44.9 Å². The van der Waals surface area contributed by atoms with Crippen LogP contribution in [0.3, 0.4) is 0 Å². The summed E-state index contributed by atoms with van der Waals surface area (Å²) in [4.78, 5) is 0. The summed E-state index contributed by atoms with van der Waals surface area (Å²) in [6.45, 7) is 2.94. The molecule has 2 fully saturated rings. The van der Waals surface area contributed by atoms with Gasteiger partial charge in [-0.1, -0.05) is 25.7 Å². The first-order chi connectivity index (χ1) is 6.95. The second-order valence-electron chi connectivity index (χ2n) is 4.78. The first-order valence-electron chi connectivity index (χ1n) is 6.26. The van der Waals surface area contributed by atoms with Gasteiger partial charge in [0.05, 0.1) is 6.61 Å². The smallest absolute Gasteiger partial charge is 0.0591 e. The second-order valence-corrected chi connectivity index (χ2v) is 4.78. The predicted molar refractivity (Wildman–Crippen MR) is 58.4 cm³/mol. The van der Waals surface area contributed by atoms with Crippen LogP contribution in [0.5, 0.6) is 0 Å². The fourth-order valence-corrected chi connectivity index (χ4v) is 2.22. The molecule has 0 aromatic carbocycles. The van der Waals surface area contributed by atoms with Crippen LogP contribution >= 0.6 is 0 Å². The normalized spacial score (nSPS) is 23.1. The van der Waals surface area contributed by atoms with E-state index in [4.69, 9.17) is 4.74 Å². The Hall–Kier alpha value is -0.0800. The van der Waals surface area contributed by atoms with E-state index in [2.05, 4.69) is 5.32 Å². The molecule has 14 heavy (non-hydrogen) atoms. The van der Waals surface area contributed by atoms with Crippen LogP contribution in [-0.2, 0) is 4.74 Å². The highest BCUT2D eigenvalue weighted by Crippen LogP contribution is 2.31. The van der Waals surface area contributed by atoms with Crippen LogP contribution in [0.15, 0.2) is 0 Å². The van der Waals surface area contributed by atoms with Crippen molar-refractivity contribution in [1.82, 2.24) is 5.32 Å². The zero-order valence-corrected chi connectivity index (χ0v) is 9.13. The van der Waals surface area contributed by atoms with Crippen LogP contribution in [0.4, 0.5) is 0 Å². The van der Waals surface area contributed by atoms with Crippen molar-refractivity contribution in [2.45, 2.75) is 51.0 Å². The zero-order valence-electron chi connectivity index (χ0n) is 9.13. The summed E-state index contributed by atoms with van der Waals surface area (Å²) in [5, 5.41) is 3.56. The van der Waals surface area contributed by atoms with Crippen LogP contribution < -0.4 is 5.32 Å². The third kappa shape index (κ3) is 3.97. The molecule has 82 valence electrons. The fourth-order valence-electron chi connectivity index (χ4n) is 2.22. The fraction of sp³-hybridized carbons (Fsp3) is 1.00. The lowest BCUT2D eigenvalue weighted by atomic mass is 10.2. The quantitative estimate of drug-likeness (QED) is 0.632. The molecule has 0 aliphatic heterocycles. The van der Waals surface area contributed by atoms with Crippen molar-refractivity contribution in [3.63, 3.8) is 0 Å². The molecule has 2 rings (SSSR count). The Balaban J connectivity index is 1.35. The molecule has 0 heterocycles. The molecule has 0 saturated heterocycles. The van der Waals surface area contributed by atoms with E-state index in [1.165, 1.54) is 44.9 Å². The molecule has 0 aromatic heterocycles. The number of hydrogen-bond donors (Lipinski definition) is 1. The van der Waals surface area contributed by atoms with E-state index in [9.17, 15) is 0 Å². The first kappa shape index (κ1) is 10.4. The number of rotatable bonds is 7. The molecule has 0 atom stereocenters. The maximum Gasteiger partial charge on any atom is 0.0591 e. The SMILES string of the molecule is C1CCC(NCCOCCC2CC2)C1. The van der Waals surface area contributed by atoms with Gasteiger partial charge in [-0.2, -0.15) is 0 Å². The van der Waals surface area contributed by atoms with Gasteiger partial charge in [-0.25, -0.2) is 0 Å². The maximum absolute atomic E-state index is 5.58. The van der Waals surface area contributed by atoms with Crippen molar-refractivity contribution in [3.8, 4) is 0 Å². The molecule has 0 unspecified atom stereocenters. The van der Waals surface area contributed by atoms with E-state index in [0.29, 0.717) is 0 Å². The summed E-state index contributed by atoms with van der Waals surface area (Å²) < 4.78 is 5.58. The summed E-state index contributed by atoms with van der Waals surface area (Å²) in [6.07, 6.45) is 9.78. The second kappa shape index (κ2) is 5.72. The van der Waals surface area contributed by atoms with Crippen LogP contribution in [0, 0.1) is 5.92 Å². The predicted octanol–water partition coefficient (Wildman–Crippen LogP) is 2.34. The van der Waals surface area contributed by atoms with Crippen molar-refractivity contribution in [2.75, 3.05) is 19.8 Å². The van der Waals surface area contributed by atoms with Gasteiger partial charge in [0.1, 0.15) is 0 Å². The van der Waals surface area contributed by atoms with Gasteiger partial charge in [-0.05, 0) is 25.2 Å². The lowest BCUT2D eigenvalue weighted by Gasteiger charge is -2.11. The molecule has 0 amide bonds. The molecule has 1 N–H and O–H groups in total. The molecule has 0 spiro atoms. The third-order valence-corrected chi connectivity index (χ3v) is 3.40. The van der Waals surface area contributed by atoms with Gasteiger partial charge in [-0.15, -0.1) is 0 Å². The largest absolute Gasteiger partial charge is 0.380 e. The van der Waals surface area contributed by atoms with Gasteiger partial charge in [0.25, 0.3) is 0 Å². The van der Waals surface area contributed by atoms with E-state index in [1.54, 1.807) is 0 Å². The Bertz CT molecular complexity index is 150. The summed E-state index contributed by atoms with van der Waals surface area (Å²) in [6, 6.07) is 0.794. The van der Waals surface area contributed by atoms with E-state index in [0.717, 1.165) is 31.7 Å². The minimum absolute atomic E-state index is 0.794. The van der Waals surface area contributed by atoms with Gasteiger partial charge >= 0.3 is 0 Å². The molecule has 0 aromatic rings. The molecular formula is C12H23NO. The summed E-state index contributed by atoms with van der Waals surface area (Å²) in [5.41, 5.74) is 0. The van der Waals surface area contributed by atoms with Crippen molar-refractivity contribution in [2.24, 2.45) is 5.92 Å². The molecule has 0 radical (unpaired) electrons. The van der Waals surface area contributed by atoms with Crippen LogP contribution in [0.25, 0.3) is 0 Å². The number of nitrogens with one attached hydrogen (secondary N) is 1. The Kier molecular flexibility index (Phi) is 4.26. The van der Waals surface area contributed by atoms with E-state index in [-0.39, 0.29) is 0 Å². The van der Waals surface area contributed by atoms with Crippen molar-refractivity contribution in [1.29, 1.82) is 0 Å². The van der Waals surface area contributed by atoms with Gasteiger partial charge in [0.15, 0.2) is 0 Å². The molecule has 0 bridgehead atoms. The van der Waals surface area contributed by atoms with Crippen molar-refractivity contribution >= 4 is 0 Å². The lowest BCUT2D eigenvalue weighted by molar-refractivity contribution is 0.128. The highest BCUT2D eigenvalue weighted by Gasteiger charge is 2.20. The monoisotopic (exact) mass is 197 g/mol. The van der Waals surface area contributed by atoms with Crippen LogP contribution in [-0.4, -0.2) is 25.8 Å². The van der Waals surface area contributed by atoms with Gasteiger partial charge in [0, 0.05) is 19.2 Å². The standard InChI is InChI=1S/C12H23NO/c1-2-4-12(3-1)13-8-10-14-9-7-11-5-6-11/h11-13H,1-10H2. The summed E-state index contributed by atoms with van der Waals surface area (Å²) in [7, 11) is 0. The average Bonchev–Trinajstić information content (AvgIpc) is 2.87. The minimum Gasteiger partial charge on any atom is -0.380 e. The van der Waals surface area contributed by atoms with E-state index >= 15 is 0 Å². The molecule has 2 aliphatic rings. The van der Waals surface area contributed by atoms with E-state index < -0.39 is 0 Å². The molecule has 2 aliphatic carbocycles. The van der Waals surface area contributed by atoms with Crippen LogP contribution in [0.2, 0.25) is 0 Å². The summed E-state index contributed by atoms with van der Waals surface area (Å²) >= 11 is 0. The van der Waals surface area contributed by atoms with Crippen molar-refractivity contribution < 1.29 is 4.74 Å². The first-order valence-corrected chi connectivity index (χ1v) is 6.26. The Morgan fingerprint density at radius 1 is 1.00 bits per heavy atom. The molecule has 2 saturated carbocycles.